The molecule has 2 N–H and O–H groups in total. The Morgan fingerprint density at radius 3 is 2.65 bits per heavy atom. The van der Waals surface area contributed by atoms with Gasteiger partial charge in [-0.2, -0.15) is 0 Å². The van der Waals surface area contributed by atoms with E-state index >= 15 is 0 Å². The summed E-state index contributed by atoms with van der Waals surface area (Å²) >= 11 is 5.89. The summed E-state index contributed by atoms with van der Waals surface area (Å²) in [7, 11) is 0. The molecule has 0 saturated carbocycles. The highest BCUT2D eigenvalue weighted by Crippen LogP contribution is 2.19. The van der Waals surface area contributed by atoms with Crippen molar-refractivity contribution in [2.45, 2.75) is 19.4 Å². The van der Waals surface area contributed by atoms with E-state index in [0.717, 1.165) is 36.4 Å². The van der Waals surface area contributed by atoms with E-state index in [4.69, 9.17) is 22.1 Å². The predicted molar refractivity (Wildman–Crippen MR) is 107 cm³/mol. The molecule has 1 saturated heterocycles. The Hall–Kier alpha value is -1.75. The van der Waals surface area contributed by atoms with Crippen LogP contribution in [0.4, 0.5) is 0 Å². The van der Waals surface area contributed by atoms with E-state index in [1.807, 2.05) is 53.4 Å². The molecule has 1 aliphatic heterocycles. The van der Waals surface area contributed by atoms with Gasteiger partial charge in [0.25, 0.3) is 0 Å². The fourth-order valence-electron chi connectivity index (χ4n) is 3.03. The monoisotopic (exact) mass is 394 g/mol. The van der Waals surface area contributed by atoms with Gasteiger partial charge in [-0.25, -0.2) is 0 Å². The molecule has 26 heavy (non-hydrogen) atoms. The molecule has 0 aliphatic carbocycles. The van der Waals surface area contributed by atoms with E-state index in [-0.39, 0.29) is 18.3 Å². The standard InChI is InChI=1S/C20H23ClN2O2.ClH/c21-18-6-4-15(5-7-18)14-25-19-3-1-2-16(10-19)11-20(24)23-9-8-17(12-22)13-23;/h1-7,10,17H,8-9,11-14,22H2;1H. The van der Waals surface area contributed by atoms with E-state index in [2.05, 4.69) is 0 Å². The van der Waals surface area contributed by atoms with Gasteiger partial charge in [-0.05, 0) is 54.3 Å². The number of halogens is 2. The molecule has 1 amide bonds. The van der Waals surface area contributed by atoms with Crippen LogP contribution in [-0.2, 0) is 17.8 Å². The lowest BCUT2D eigenvalue weighted by Crippen LogP contribution is -2.31. The molecule has 0 aromatic heterocycles. The first kappa shape index (κ1) is 20.6. The molecule has 2 aromatic carbocycles. The van der Waals surface area contributed by atoms with Gasteiger partial charge in [-0.3, -0.25) is 4.79 Å². The maximum absolute atomic E-state index is 12.4. The third kappa shape index (κ3) is 5.63. The van der Waals surface area contributed by atoms with Gasteiger partial charge >= 0.3 is 0 Å². The van der Waals surface area contributed by atoms with Crippen LogP contribution in [0.5, 0.6) is 5.75 Å². The van der Waals surface area contributed by atoms with E-state index < -0.39 is 0 Å². The maximum atomic E-state index is 12.4. The molecule has 1 atom stereocenters. The largest absolute Gasteiger partial charge is 0.489 e. The predicted octanol–water partition coefficient (Wildman–Crippen LogP) is 3.69. The minimum Gasteiger partial charge on any atom is -0.489 e. The van der Waals surface area contributed by atoms with Crippen molar-refractivity contribution < 1.29 is 9.53 Å². The summed E-state index contributed by atoms with van der Waals surface area (Å²) in [5, 5.41) is 0.711. The molecule has 1 heterocycles. The van der Waals surface area contributed by atoms with E-state index in [1.165, 1.54) is 0 Å². The molecule has 1 fully saturated rings. The first-order valence-electron chi connectivity index (χ1n) is 8.58. The molecule has 0 bridgehead atoms. The number of nitrogens with zero attached hydrogens (tertiary/aromatic N) is 1. The summed E-state index contributed by atoms with van der Waals surface area (Å²) in [6.45, 7) is 2.71. The second-order valence-corrected chi connectivity index (χ2v) is 6.91. The average Bonchev–Trinajstić information content (AvgIpc) is 3.11. The van der Waals surface area contributed by atoms with Gasteiger partial charge < -0.3 is 15.4 Å². The minimum atomic E-state index is 0. The molecule has 1 aliphatic rings. The molecule has 1 unspecified atom stereocenters. The van der Waals surface area contributed by atoms with Crippen LogP contribution in [-0.4, -0.2) is 30.4 Å². The number of hydrogen-bond acceptors (Lipinski definition) is 3. The second-order valence-electron chi connectivity index (χ2n) is 6.47. The Morgan fingerprint density at radius 2 is 1.96 bits per heavy atom. The third-order valence-corrected chi connectivity index (χ3v) is 4.80. The topological polar surface area (TPSA) is 55.6 Å². The lowest BCUT2D eigenvalue weighted by molar-refractivity contribution is -0.129. The normalized spacial score (nSPS) is 16.2. The Labute approximate surface area is 165 Å². The Morgan fingerprint density at radius 1 is 1.19 bits per heavy atom. The van der Waals surface area contributed by atoms with Crippen molar-refractivity contribution in [2.75, 3.05) is 19.6 Å². The van der Waals surface area contributed by atoms with Crippen LogP contribution in [0.2, 0.25) is 5.02 Å². The molecule has 2 aromatic rings. The van der Waals surface area contributed by atoms with Crippen LogP contribution in [0.25, 0.3) is 0 Å². The van der Waals surface area contributed by atoms with Gasteiger partial charge in [0.1, 0.15) is 12.4 Å². The number of nitrogens with two attached hydrogens (primary N) is 1. The fourth-order valence-corrected chi connectivity index (χ4v) is 3.16. The van der Waals surface area contributed by atoms with Crippen molar-refractivity contribution in [1.82, 2.24) is 4.90 Å². The highest BCUT2D eigenvalue weighted by Gasteiger charge is 2.25. The summed E-state index contributed by atoms with van der Waals surface area (Å²) < 4.78 is 5.83. The van der Waals surface area contributed by atoms with Gasteiger partial charge in [-0.1, -0.05) is 35.9 Å². The van der Waals surface area contributed by atoms with Gasteiger partial charge in [-0.15, -0.1) is 12.4 Å². The number of carbonyl (C=O) groups excluding carboxylic acids is 1. The van der Waals surface area contributed by atoms with E-state index in [0.29, 0.717) is 30.5 Å². The van der Waals surface area contributed by atoms with Crippen molar-refractivity contribution in [1.29, 1.82) is 0 Å². The van der Waals surface area contributed by atoms with E-state index in [1.54, 1.807) is 0 Å². The molecular weight excluding hydrogens is 371 g/mol. The van der Waals surface area contributed by atoms with Gasteiger partial charge in [0.05, 0.1) is 6.42 Å². The number of rotatable bonds is 6. The number of carbonyl (C=O) groups is 1. The van der Waals surface area contributed by atoms with Crippen LogP contribution in [0.1, 0.15) is 17.5 Å². The number of ether oxygens (including phenoxy) is 1. The highest BCUT2D eigenvalue weighted by molar-refractivity contribution is 6.30. The summed E-state index contributed by atoms with van der Waals surface area (Å²) in [5.41, 5.74) is 7.72. The smallest absolute Gasteiger partial charge is 0.227 e. The molecule has 0 spiro atoms. The molecule has 0 radical (unpaired) electrons. The molecule has 140 valence electrons. The first-order chi connectivity index (χ1) is 12.1. The summed E-state index contributed by atoms with van der Waals surface area (Å²) in [4.78, 5) is 14.3. The van der Waals surface area contributed by atoms with Gasteiger partial charge in [0, 0.05) is 18.1 Å². The number of likely N-dealkylation sites (tertiary alicyclic amines) is 1. The zero-order valence-electron chi connectivity index (χ0n) is 14.6. The lowest BCUT2D eigenvalue weighted by atomic mass is 10.1. The van der Waals surface area contributed by atoms with Crippen LogP contribution in [0, 0.1) is 5.92 Å². The molecule has 6 heteroatoms. The van der Waals surface area contributed by atoms with E-state index in [9.17, 15) is 4.79 Å². The summed E-state index contributed by atoms with van der Waals surface area (Å²) in [5.74, 6) is 1.37. The van der Waals surface area contributed by atoms with Crippen LogP contribution >= 0.6 is 24.0 Å². The Bertz CT molecular complexity index is 722. The van der Waals surface area contributed by atoms with Crippen LogP contribution in [0.3, 0.4) is 0 Å². The quantitative estimate of drug-likeness (QED) is 0.812. The zero-order valence-corrected chi connectivity index (χ0v) is 16.1. The Balaban J connectivity index is 0.00000243. The van der Waals surface area contributed by atoms with Crippen LogP contribution in [0.15, 0.2) is 48.5 Å². The highest BCUT2D eigenvalue weighted by atomic mass is 35.5. The summed E-state index contributed by atoms with van der Waals surface area (Å²) in [6.07, 6.45) is 1.40. The van der Waals surface area contributed by atoms with Gasteiger partial charge in [0.2, 0.25) is 5.91 Å². The zero-order chi connectivity index (χ0) is 17.6. The fraction of sp³-hybridized carbons (Fsp3) is 0.350. The average molecular weight is 395 g/mol. The van der Waals surface area contributed by atoms with Crippen molar-refractivity contribution in [3.05, 3.63) is 64.7 Å². The van der Waals surface area contributed by atoms with Crippen LogP contribution < -0.4 is 10.5 Å². The first-order valence-corrected chi connectivity index (χ1v) is 8.96. The molecule has 4 nitrogen and oxygen atoms in total. The Kier molecular flexibility index (Phi) is 7.76. The second kappa shape index (κ2) is 9.81. The van der Waals surface area contributed by atoms with Crippen molar-refractivity contribution >= 4 is 29.9 Å². The van der Waals surface area contributed by atoms with Crippen molar-refractivity contribution in [3.8, 4) is 5.75 Å². The molecule has 3 rings (SSSR count). The van der Waals surface area contributed by atoms with Crippen molar-refractivity contribution in [3.63, 3.8) is 0 Å². The van der Waals surface area contributed by atoms with Gasteiger partial charge in [0.15, 0.2) is 0 Å². The lowest BCUT2D eigenvalue weighted by Gasteiger charge is -2.16. The SMILES string of the molecule is Cl.NCC1CCN(C(=O)Cc2cccc(OCc3ccc(Cl)cc3)c2)C1. The maximum Gasteiger partial charge on any atom is 0.227 e. The third-order valence-electron chi connectivity index (χ3n) is 4.54. The summed E-state index contributed by atoms with van der Waals surface area (Å²) in [6, 6.07) is 15.3. The minimum absolute atomic E-state index is 0. The number of benzene rings is 2. The van der Waals surface area contributed by atoms with Crippen molar-refractivity contribution in [2.24, 2.45) is 11.7 Å². The number of hydrogen-bond donors (Lipinski definition) is 1. The number of amides is 1. The molecular formula is C20H24Cl2N2O2.